The van der Waals surface area contributed by atoms with Crippen LogP contribution in [0.5, 0.6) is 0 Å². The molecule has 0 spiro atoms. The van der Waals surface area contributed by atoms with Crippen LogP contribution in [0.2, 0.25) is 5.02 Å². The molecule has 6 nitrogen and oxygen atoms in total. The highest BCUT2D eigenvalue weighted by Gasteiger charge is 2.19. The third kappa shape index (κ3) is 3.39. The Bertz CT molecular complexity index is 1120. The molecule has 0 atom stereocenters. The number of fused-ring (bicyclic) bond motifs is 1. The minimum absolute atomic E-state index is 0.541. The third-order valence-corrected chi connectivity index (χ3v) is 4.95. The van der Waals surface area contributed by atoms with Crippen LogP contribution in [0, 0.1) is 0 Å². The lowest BCUT2D eigenvalue weighted by molar-refractivity contribution is 0.703. The van der Waals surface area contributed by atoms with Gasteiger partial charge in [0.1, 0.15) is 5.82 Å². The van der Waals surface area contributed by atoms with E-state index in [0.717, 1.165) is 28.8 Å². The minimum atomic E-state index is 0.541. The average Bonchev–Trinajstić information content (AvgIpc) is 3.03. The fraction of sp³-hybridized carbons (Fsp3) is 0.190. The average molecular weight is 393 g/mol. The van der Waals surface area contributed by atoms with Crippen molar-refractivity contribution < 1.29 is 0 Å². The van der Waals surface area contributed by atoms with E-state index in [2.05, 4.69) is 17.0 Å². The number of nitrogens with zero attached hydrogens (tertiary/aromatic N) is 5. The number of aromatic nitrogens is 4. The molecule has 2 aromatic carbocycles. The molecule has 0 unspecified atom stereocenters. The van der Waals surface area contributed by atoms with Crippen molar-refractivity contribution in [2.75, 3.05) is 24.2 Å². The molecule has 0 fully saturated rings. The van der Waals surface area contributed by atoms with Gasteiger partial charge in [0.25, 0.3) is 0 Å². The van der Waals surface area contributed by atoms with Gasteiger partial charge in [-0.05, 0) is 24.6 Å². The van der Waals surface area contributed by atoms with Gasteiger partial charge in [-0.15, -0.1) is 5.10 Å². The topological polar surface area (TPSA) is 72.9 Å². The Hall–Kier alpha value is -3.12. The number of nitrogen functional groups attached to an aromatic ring is 1. The van der Waals surface area contributed by atoms with E-state index in [9.17, 15) is 0 Å². The molecule has 0 saturated heterocycles. The van der Waals surface area contributed by atoms with Crippen molar-refractivity contribution in [3.8, 4) is 11.3 Å². The summed E-state index contributed by atoms with van der Waals surface area (Å²) in [7, 11) is 1.95. The molecule has 142 valence electrons. The monoisotopic (exact) mass is 392 g/mol. The largest absolute Gasteiger partial charge is 0.383 e. The molecule has 28 heavy (non-hydrogen) atoms. The summed E-state index contributed by atoms with van der Waals surface area (Å²) >= 11 is 6.22. The summed E-state index contributed by atoms with van der Waals surface area (Å²) in [5.74, 6) is 1.15. The van der Waals surface area contributed by atoms with Gasteiger partial charge in [0.2, 0.25) is 5.95 Å². The zero-order chi connectivity index (χ0) is 19.7. The Balaban J connectivity index is 1.92. The molecule has 0 bridgehead atoms. The molecule has 0 radical (unpaired) electrons. The second-order valence-electron chi connectivity index (χ2n) is 6.62. The second kappa shape index (κ2) is 7.48. The highest BCUT2D eigenvalue weighted by Crippen LogP contribution is 2.33. The van der Waals surface area contributed by atoms with Crippen molar-refractivity contribution in [2.45, 2.75) is 13.5 Å². The summed E-state index contributed by atoms with van der Waals surface area (Å²) in [5, 5.41) is 6.06. The summed E-state index contributed by atoms with van der Waals surface area (Å²) in [4.78, 5) is 11.4. The summed E-state index contributed by atoms with van der Waals surface area (Å²) in [6.45, 7) is 3.40. The van der Waals surface area contributed by atoms with Gasteiger partial charge >= 0.3 is 0 Å². The Kier molecular flexibility index (Phi) is 4.88. The van der Waals surface area contributed by atoms with Crippen LogP contribution < -0.4 is 10.6 Å². The smallest absolute Gasteiger partial charge is 0.227 e. The standard InChI is InChI=1S/C21H21ClN6/c1-3-27(2)21-24-18(15-10-7-11-16(22)12-15)17-19(23)28(26-20(17)25-21)13-14-8-5-4-6-9-14/h4-12H,3,13,23H2,1-2H3. The van der Waals surface area contributed by atoms with Crippen LogP contribution in [0.3, 0.4) is 0 Å². The van der Waals surface area contributed by atoms with Crippen LogP contribution >= 0.6 is 11.6 Å². The quantitative estimate of drug-likeness (QED) is 0.550. The van der Waals surface area contributed by atoms with Crippen LogP contribution in [0.1, 0.15) is 12.5 Å². The van der Waals surface area contributed by atoms with Gasteiger partial charge in [-0.3, -0.25) is 0 Å². The van der Waals surface area contributed by atoms with Crippen molar-refractivity contribution in [2.24, 2.45) is 0 Å². The zero-order valence-electron chi connectivity index (χ0n) is 15.8. The molecule has 0 aliphatic heterocycles. The van der Waals surface area contributed by atoms with Gasteiger partial charge in [0.05, 0.1) is 17.6 Å². The summed E-state index contributed by atoms with van der Waals surface area (Å²) in [6, 6.07) is 17.7. The highest BCUT2D eigenvalue weighted by molar-refractivity contribution is 6.30. The van der Waals surface area contributed by atoms with Gasteiger partial charge in [0, 0.05) is 24.2 Å². The van der Waals surface area contributed by atoms with E-state index < -0.39 is 0 Å². The first-order chi connectivity index (χ1) is 13.6. The predicted octanol–water partition coefficient (Wildman–Crippen LogP) is 4.23. The highest BCUT2D eigenvalue weighted by atomic mass is 35.5. The summed E-state index contributed by atoms with van der Waals surface area (Å²) < 4.78 is 1.78. The normalized spacial score (nSPS) is 11.1. The van der Waals surface area contributed by atoms with E-state index in [1.807, 2.05) is 66.5 Å². The molecule has 2 heterocycles. The molecular formula is C21H21ClN6. The van der Waals surface area contributed by atoms with E-state index in [0.29, 0.717) is 29.0 Å². The van der Waals surface area contributed by atoms with Crippen LogP contribution in [0.15, 0.2) is 54.6 Å². The Morgan fingerprint density at radius 2 is 1.86 bits per heavy atom. The summed E-state index contributed by atoms with van der Waals surface area (Å²) in [5.41, 5.74) is 9.81. The van der Waals surface area contributed by atoms with Crippen LogP contribution in [-0.2, 0) is 6.54 Å². The second-order valence-corrected chi connectivity index (χ2v) is 7.06. The lowest BCUT2D eigenvalue weighted by Gasteiger charge is -2.15. The van der Waals surface area contributed by atoms with Crippen molar-refractivity contribution in [1.82, 2.24) is 19.7 Å². The molecule has 7 heteroatoms. The third-order valence-electron chi connectivity index (χ3n) is 4.72. The SMILES string of the molecule is CCN(C)c1nc(-c2cccc(Cl)c2)c2c(N)n(Cc3ccccc3)nc2n1. The number of hydrogen-bond donors (Lipinski definition) is 1. The molecular weight excluding hydrogens is 372 g/mol. The lowest BCUT2D eigenvalue weighted by Crippen LogP contribution is -2.19. The van der Waals surface area contributed by atoms with E-state index >= 15 is 0 Å². The van der Waals surface area contributed by atoms with Gasteiger partial charge < -0.3 is 10.6 Å². The van der Waals surface area contributed by atoms with Crippen molar-refractivity contribution in [3.05, 3.63) is 65.2 Å². The number of halogens is 1. The maximum absolute atomic E-state index is 6.50. The fourth-order valence-corrected chi connectivity index (χ4v) is 3.27. The Morgan fingerprint density at radius 3 is 2.57 bits per heavy atom. The maximum Gasteiger partial charge on any atom is 0.227 e. The zero-order valence-corrected chi connectivity index (χ0v) is 16.6. The molecule has 0 amide bonds. The van der Waals surface area contributed by atoms with E-state index in [1.54, 1.807) is 4.68 Å². The molecule has 2 N–H and O–H groups in total. The molecule has 4 aromatic rings. The molecule has 0 aliphatic rings. The fourth-order valence-electron chi connectivity index (χ4n) is 3.08. The first-order valence-corrected chi connectivity index (χ1v) is 9.49. The van der Waals surface area contributed by atoms with Gasteiger partial charge in [-0.2, -0.15) is 4.98 Å². The van der Waals surface area contributed by atoms with Gasteiger partial charge in [-0.25, -0.2) is 9.67 Å². The Labute approximate surface area is 168 Å². The predicted molar refractivity (Wildman–Crippen MR) is 115 cm³/mol. The number of hydrogen-bond acceptors (Lipinski definition) is 5. The van der Waals surface area contributed by atoms with E-state index in [-0.39, 0.29) is 0 Å². The summed E-state index contributed by atoms with van der Waals surface area (Å²) in [6.07, 6.45) is 0. The Morgan fingerprint density at radius 1 is 1.07 bits per heavy atom. The van der Waals surface area contributed by atoms with Gasteiger partial charge in [-0.1, -0.05) is 54.1 Å². The molecule has 0 saturated carbocycles. The van der Waals surface area contributed by atoms with Crippen molar-refractivity contribution in [3.63, 3.8) is 0 Å². The lowest BCUT2D eigenvalue weighted by atomic mass is 10.1. The number of anilines is 2. The maximum atomic E-state index is 6.50. The van der Waals surface area contributed by atoms with Crippen LogP contribution in [0.25, 0.3) is 22.3 Å². The number of benzene rings is 2. The molecule has 2 aromatic heterocycles. The van der Waals surface area contributed by atoms with Gasteiger partial charge in [0.15, 0.2) is 5.65 Å². The molecule has 4 rings (SSSR count). The molecule has 0 aliphatic carbocycles. The first-order valence-electron chi connectivity index (χ1n) is 9.12. The van der Waals surface area contributed by atoms with Crippen molar-refractivity contribution >= 4 is 34.4 Å². The van der Waals surface area contributed by atoms with Crippen LogP contribution in [-0.4, -0.2) is 33.3 Å². The first kappa shape index (κ1) is 18.3. The number of nitrogens with two attached hydrogens (primary N) is 1. The van der Waals surface area contributed by atoms with E-state index in [4.69, 9.17) is 22.3 Å². The minimum Gasteiger partial charge on any atom is -0.383 e. The van der Waals surface area contributed by atoms with Crippen molar-refractivity contribution in [1.29, 1.82) is 0 Å². The van der Waals surface area contributed by atoms with E-state index in [1.165, 1.54) is 0 Å². The van der Waals surface area contributed by atoms with Crippen LogP contribution in [0.4, 0.5) is 11.8 Å². The number of rotatable bonds is 5.